The number of hydrogen-bond donors (Lipinski definition) is 4. The molecule has 0 bridgehead atoms. The minimum absolute atomic E-state index is 0.108. The van der Waals surface area contributed by atoms with Gasteiger partial charge >= 0.3 is 0 Å². The summed E-state index contributed by atoms with van der Waals surface area (Å²) in [5, 5.41) is 23.8. The van der Waals surface area contributed by atoms with Gasteiger partial charge in [-0.1, -0.05) is 18.2 Å². The quantitative estimate of drug-likeness (QED) is 0.406. The average molecular weight is 450 g/mol. The van der Waals surface area contributed by atoms with Gasteiger partial charge in [-0.25, -0.2) is 0 Å². The second-order valence-corrected chi connectivity index (χ2v) is 8.11. The van der Waals surface area contributed by atoms with Crippen LogP contribution in [0.15, 0.2) is 36.4 Å². The second-order valence-electron chi connectivity index (χ2n) is 8.11. The molecule has 1 atom stereocenters. The van der Waals surface area contributed by atoms with Crippen molar-refractivity contribution in [3.63, 3.8) is 0 Å². The largest absolute Gasteiger partial charge is 0.495 e. The summed E-state index contributed by atoms with van der Waals surface area (Å²) in [4.78, 5) is 18.5. The van der Waals surface area contributed by atoms with Crippen LogP contribution in [0, 0.1) is 0 Å². The van der Waals surface area contributed by atoms with Crippen molar-refractivity contribution in [2.45, 2.75) is 25.5 Å². The summed E-state index contributed by atoms with van der Waals surface area (Å²) in [5.41, 5.74) is 9.76. The molecule has 0 radical (unpaired) electrons. The summed E-state index contributed by atoms with van der Waals surface area (Å²) in [7, 11) is 5.77. The third-order valence-corrected chi connectivity index (χ3v) is 5.77. The third kappa shape index (κ3) is 4.71. The first-order chi connectivity index (χ1) is 15.9. The molecule has 10 heteroatoms. The number of anilines is 4. The zero-order valence-corrected chi connectivity index (χ0v) is 18.8. The standard InChI is InChI=1S/C23H27N7O3/c1-30(2)16-8-14-10-18(19(33-3)11-15(14)9-16)26-23-27-22(20(21(24)32)28-29-23)25-17-7-5-4-6-13(17)12-31/h4-7,10-11,16,31H,8-9,12H2,1-3H3,(H2,24,32)(H2,25,26,27,29). The molecule has 1 aliphatic rings. The van der Waals surface area contributed by atoms with E-state index < -0.39 is 5.91 Å². The highest BCUT2D eigenvalue weighted by Gasteiger charge is 2.25. The first-order valence-corrected chi connectivity index (χ1v) is 10.5. The minimum atomic E-state index is -0.768. The first-order valence-electron chi connectivity index (χ1n) is 10.5. The van der Waals surface area contributed by atoms with E-state index in [1.807, 2.05) is 12.1 Å². The van der Waals surface area contributed by atoms with E-state index >= 15 is 0 Å². The van der Waals surface area contributed by atoms with E-state index in [4.69, 9.17) is 10.5 Å². The van der Waals surface area contributed by atoms with E-state index in [1.54, 1.807) is 31.4 Å². The maximum Gasteiger partial charge on any atom is 0.273 e. The summed E-state index contributed by atoms with van der Waals surface area (Å²) < 4.78 is 5.59. The molecular weight excluding hydrogens is 422 g/mol. The monoisotopic (exact) mass is 449 g/mol. The van der Waals surface area contributed by atoms with Gasteiger partial charge in [-0.15, -0.1) is 10.2 Å². The summed E-state index contributed by atoms with van der Waals surface area (Å²) in [6.45, 7) is -0.182. The average Bonchev–Trinajstić information content (AvgIpc) is 3.22. The Bertz CT molecular complexity index is 1180. The maximum absolute atomic E-state index is 11.9. The molecule has 1 aliphatic carbocycles. The number of para-hydroxylation sites is 1. The number of aliphatic hydroxyl groups excluding tert-OH is 1. The number of carbonyl (C=O) groups is 1. The Morgan fingerprint density at radius 3 is 2.55 bits per heavy atom. The van der Waals surface area contributed by atoms with Gasteiger partial charge < -0.3 is 31.1 Å². The van der Waals surface area contributed by atoms with Gasteiger partial charge in [-0.05, 0) is 56.3 Å². The summed E-state index contributed by atoms with van der Waals surface area (Å²) in [5.74, 6) is 0.198. The number of aromatic nitrogens is 3. The molecule has 0 saturated heterocycles. The van der Waals surface area contributed by atoms with Crippen LogP contribution in [-0.2, 0) is 19.4 Å². The Kier molecular flexibility index (Phi) is 6.38. The molecule has 1 unspecified atom stereocenters. The lowest BCUT2D eigenvalue weighted by Crippen LogP contribution is -2.27. The van der Waals surface area contributed by atoms with Gasteiger partial charge in [0.05, 0.1) is 19.4 Å². The smallest absolute Gasteiger partial charge is 0.273 e. The highest BCUT2D eigenvalue weighted by Crippen LogP contribution is 2.35. The number of ether oxygens (including phenoxy) is 1. The van der Waals surface area contributed by atoms with Crippen LogP contribution in [-0.4, -0.2) is 58.3 Å². The van der Waals surface area contributed by atoms with E-state index in [0.717, 1.165) is 12.8 Å². The molecule has 0 fully saturated rings. The Balaban J connectivity index is 1.66. The van der Waals surface area contributed by atoms with Crippen LogP contribution in [0.3, 0.4) is 0 Å². The van der Waals surface area contributed by atoms with Gasteiger partial charge in [0.1, 0.15) is 5.75 Å². The zero-order valence-electron chi connectivity index (χ0n) is 18.8. The topological polar surface area (TPSA) is 139 Å². The third-order valence-electron chi connectivity index (χ3n) is 5.77. The zero-order chi connectivity index (χ0) is 23.5. The van der Waals surface area contributed by atoms with Crippen molar-refractivity contribution in [3.05, 3.63) is 58.8 Å². The summed E-state index contributed by atoms with van der Waals surface area (Å²) in [6.07, 6.45) is 1.90. The molecule has 3 aromatic rings. The normalized spacial score (nSPS) is 14.8. The van der Waals surface area contributed by atoms with Crippen molar-refractivity contribution in [1.82, 2.24) is 20.1 Å². The molecule has 4 rings (SSSR count). The second kappa shape index (κ2) is 9.39. The summed E-state index contributed by atoms with van der Waals surface area (Å²) in [6, 6.07) is 11.6. The fraction of sp³-hybridized carbons (Fsp3) is 0.304. The van der Waals surface area contributed by atoms with Gasteiger partial charge in [-0.3, -0.25) is 4.79 Å². The van der Waals surface area contributed by atoms with Crippen LogP contribution in [0.1, 0.15) is 27.2 Å². The van der Waals surface area contributed by atoms with Gasteiger partial charge in [-0.2, -0.15) is 4.98 Å². The van der Waals surface area contributed by atoms with Crippen LogP contribution >= 0.6 is 0 Å². The van der Waals surface area contributed by atoms with Crippen LogP contribution in [0.5, 0.6) is 5.75 Å². The number of benzene rings is 2. The number of likely N-dealkylation sites (N-methyl/N-ethyl adjacent to an activating group) is 1. The lowest BCUT2D eigenvalue weighted by atomic mass is 10.1. The lowest BCUT2D eigenvalue weighted by molar-refractivity contribution is 0.0995. The maximum atomic E-state index is 11.9. The van der Waals surface area contributed by atoms with Gasteiger partial charge in [0.25, 0.3) is 5.91 Å². The van der Waals surface area contributed by atoms with Crippen molar-refractivity contribution < 1.29 is 14.6 Å². The molecule has 1 amide bonds. The Morgan fingerprint density at radius 2 is 1.88 bits per heavy atom. The Morgan fingerprint density at radius 1 is 1.15 bits per heavy atom. The van der Waals surface area contributed by atoms with Crippen molar-refractivity contribution in [2.24, 2.45) is 5.73 Å². The molecule has 5 N–H and O–H groups in total. The van der Waals surface area contributed by atoms with Gasteiger partial charge in [0.15, 0.2) is 11.5 Å². The number of hydrogen-bond acceptors (Lipinski definition) is 9. The molecule has 33 heavy (non-hydrogen) atoms. The number of primary amides is 1. The lowest BCUT2D eigenvalue weighted by Gasteiger charge is -2.17. The molecule has 0 spiro atoms. The van der Waals surface area contributed by atoms with Crippen molar-refractivity contribution >= 4 is 29.0 Å². The van der Waals surface area contributed by atoms with Crippen LogP contribution in [0.25, 0.3) is 0 Å². The van der Waals surface area contributed by atoms with E-state index in [-0.39, 0.29) is 24.1 Å². The SMILES string of the molecule is COc1cc2c(cc1Nc1nnc(C(N)=O)c(Nc3ccccc3CO)n1)CC(N(C)C)C2. The number of fused-ring (bicyclic) bond motifs is 1. The number of nitrogens with zero attached hydrogens (tertiary/aromatic N) is 4. The number of rotatable bonds is 8. The molecule has 0 aliphatic heterocycles. The highest BCUT2D eigenvalue weighted by molar-refractivity contribution is 5.96. The predicted octanol–water partition coefficient (Wildman–Crippen LogP) is 1.99. The van der Waals surface area contributed by atoms with Gasteiger partial charge in [0.2, 0.25) is 5.95 Å². The van der Waals surface area contributed by atoms with Crippen LogP contribution in [0.2, 0.25) is 0 Å². The van der Waals surface area contributed by atoms with Crippen molar-refractivity contribution in [2.75, 3.05) is 31.8 Å². The number of amides is 1. The molecule has 1 heterocycles. The Labute approximate surface area is 191 Å². The minimum Gasteiger partial charge on any atom is -0.495 e. The van der Waals surface area contributed by atoms with E-state index in [1.165, 1.54) is 11.1 Å². The van der Waals surface area contributed by atoms with Crippen LogP contribution < -0.4 is 21.1 Å². The number of aliphatic hydroxyl groups is 1. The first kappa shape index (κ1) is 22.4. The molecule has 2 aromatic carbocycles. The number of carbonyl (C=O) groups excluding carboxylic acids is 1. The number of nitrogens with one attached hydrogen (secondary N) is 2. The molecule has 172 valence electrons. The summed E-state index contributed by atoms with van der Waals surface area (Å²) >= 11 is 0. The predicted molar refractivity (Wildman–Crippen MR) is 125 cm³/mol. The fourth-order valence-electron chi connectivity index (χ4n) is 3.92. The van der Waals surface area contributed by atoms with E-state index in [9.17, 15) is 9.90 Å². The van der Waals surface area contributed by atoms with Gasteiger partial charge in [0, 0.05) is 17.3 Å². The Hall–Kier alpha value is -3.76. The fourth-order valence-corrected chi connectivity index (χ4v) is 3.92. The molecule has 1 aromatic heterocycles. The molecular formula is C23H27N7O3. The molecule has 0 saturated carbocycles. The number of nitrogens with two attached hydrogens (primary N) is 1. The molecule has 10 nitrogen and oxygen atoms in total. The van der Waals surface area contributed by atoms with E-state index in [0.29, 0.717) is 28.7 Å². The van der Waals surface area contributed by atoms with E-state index in [2.05, 4.69) is 44.8 Å². The highest BCUT2D eigenvalue weighted by atomic mass is 16.5. The van der Waals surface area contributed by atoms with Crippen molar-refractivity contribution in [1.29, 1.82) is 0 Å². The number of methoxy groups -OCH3 is 1. The van der Waals surface area contributed by atoms with Crippen LogP contribution in [0.4, 0.5) is 23.1 Å². The van der Waals surface area contributed by atoms with Crippen molar-refractivity contribution in [3.8, 4) is 5.75 Å².